The van der Waals surface area contributed by atoms with Crippen LogP contribution in [0, 0.1) is 13.8 Å². The Kier molecular flexibility index (Phi) is 4.08. The van der Waals surface area contributed by atoms with Crippen molar-refractivity contribution < 1.29 is 5.11 Å². The van der Waals surface area contributed by atoms with Gasteiger partial charge >= 0.3 is 0 Å². The standard InChI is InChI=1S/C13H12Br2OS/c1-7-5-11(8(2)17-7)13(16)10-4-3-9(14)6-12(10)15/h3-6,13,16H,1-2H3. The lowest BCUT2D eigenvalue weighted by molar-refractivity contribution is 0.219. The summed E-state index contributed by atoms with van der Waals surface area (Å²) in [6, 6.07) is 7.88. The van der Waals surface area contributed by atoms with E-state index in [1.54, 1.807) is 11.3 Å². The van der Waals surface area contributed by atoms with Crippen LogP contribution in [0.1, 0.15) is 27.0 Å². The SMILES string of the molecule is Cc1cc(C(O)c2ccc(Br)cc2Br)c(C)s1. The van der Waals surface area contributed by atoms with E-state index in [4.69, 9.17) is 0 Å². The number of hydrogen-bond donors (Lipinski definition) is 1. The molecule has 0 amide bonds. The lowest BCUT2D eigenvalue weighted by Crippen LogP contribution is -2.00. The lowest BCUT2D eigenvalue weighted by Gasteiger charge is -2.13. The number of benzene rings is 1. The summed E-state index contributed by atoms with van der Waals surface area (Å²) < 4.78 is 1.92. The molecule has 0 aliphatic rings. The first-order chi connectivity index (χ1) is 7.99. The lowest BCUT2D eigenvalue weighted by atomic mass is 10.0. The summed E-state index contributed by atoms with van der Waals surface area (Å²) in [5.41, 5.74) is 1.89. The van der Waals surface area contributed by atoms with Crippen molar-refractivity contribution in [2.45, 2.75) is 20.0 Å². The molecule has 1 aromatic heterocycles. The van der Waals surface area contributed by atoms with E-state index in [9.17, 15) is 5.11 Å². The van der Waals surface area contributed by atoms with Gasteiger partial charge < -0.3 is 5.11 Å². The van der Waals surface area contributed by atoms with Crippen LogP contribution in [0.15, 0.2) is 33.2 Å². The average molecular weight is 376 g/mol. The van der Waals surface area contributed by atoms with Crippen LogP contribution in [0.25, 0.3) is 0 Å². The fourth-order valence-electron chi connectivity index (χ4n) is 1.81. The number of aryl methyl sites for hydroxylation is 2. The number of thiophene rings is 1. The molecule has 2 rings (SSSR count). The van der Waals surface area contributed by atoms with Crippen LogP contribution in [-0.2, 0) is 0 Å². The molecule has 1 unspecified atom stereocenters. The van der Waals surface area contributed by atoms with Crippen LogP contribution in [0.5, 0.6) is 0 Å². The molecule has 17 heavy (non-hydrogen) atoms. The second-order valence-corrected chi connectivity index (χ2v) is 7.17. The molecule has 0 aliphatic heterocycles. The van der Waals surface area contributed by atoms with E-state index < -0.39 is 6.10 Å². The van der Waals surface area contributed by atoms with Crippen molar-refractivity contribution >= 4 is 43.2 Å². The van der Waals surface area contributed by atoms with Crippen LogP contribution in [0.2, 0.25) is 0 Å². The van der Waals surface area contributed by atoms with Crippen LogP contribution < -0.4 is 0 Å². The summed E-state index contributed by atoms with van der Waals surface area (Å²) in [5, 5.41) is 10.4. The summed E-state index contributed by atoms with van der Waals surface area (Å²) in [7, 11) is 0. The second kappa shape index (κ2) is 5.22. The summed E-state index contributed by atoms with van der Waals surface area (Å²) in [6.45, 7) is 4.10. The van der Waals surface area contributed by atoms with E-state index in [0.717, 1.165) is 20.1 Å². The molecule has 0 bridgehead atoms. The smallest absolute Gasteiger partial charge is 0.106 e. The van der Waals surface area contributed by atoms with Gasteiger partial charge in [-0.25, -0.2) is 0 Å². The molecule has 2 aromatic rings. The van der Waals surface area contributed by atoms with Crippen molar-refractivity contribution in [3.05, 3.63) is 54.1 Å². The van der Waals surface area contributed by atoms with Gasteiger partial charge in [0.2, 0.25) is 0 Å². The summed E-state index contributed by atoms with van der Waals surface area (Å²) in [6.07, 6.45) is -0.567. The maximum absolute atomic E-state index is 10.4. The van der Waals surface area contributed by atoms with Crippen LogP contribution in [0.4, 0.5) is 0 Å². The quantitative estimate of drug-likeness (QED) is 0.785. The molecule has 1 heterocycles. The maximum atomic E-state index is 10.4. The molecule has 0 spiro atoms. The van der Waals surface area contributed by atoms with Crippen molar-refractivity contribution in [3.8, 4) is 0 Å². The van der Waals surface area contributed by atoms with Gasteiger partial charge in [0, 0.05) is 18.7 Å². The van der Waals surface area contributed by atoms with Crippen LogP contribution in [0.3, 0.4) is 0 Å². The Balaban J connectivity index is 2.43. The number of rotatable bonds is 2. The van der Waals surface area contributed by atoms with Crippen molar-refractivity contribution in [2.24, 2.45) is 0 Å². The molecule has 4 heteroatoms. The summed E-state index contributed by atoms with van der Waals surface area (Å²) in [4.78, 5) is 2.40. The van der Waals surface area contributed by atoms with Gasteiger partial charge in [-0.05, 0) is 43.2 Å². The third-order valence-corrected chi connectivity index (χ3v) is 4.79. The van der Waals surface area contributed by atoms with Gasteiger partial charge in [-0.15, -0.1) is 11.3 Å². The first-order valence-corrected chi connectivity index (χ1v) is 7.59. The van der Waals surface area contributed by atoms with Gasteiger partial charge in [0.05, 0.1) is 0 Å². The molecule has 0 fully saturated rings. The van der Waals surface area contributed by atoms with Crippen molar-refractivity contribution in [1.29, 1.82) is 0 Å². The van der Waals surface area contributed by atoms with Crippen molar-refractivity contribution in [1.82, 2.24) is 0 Å². The predicted molar refractivity (Wildman–Crippen MR) is 79.7 cm³/mol. The number of aliphatic hydroxyl groups excluding tert-OH is 1. The highest BCUT2D eigenvalue weighted by Gasteiger charge is 2.17. The molecule has 1 atom stereocenters. The van der Waals surface area contributed by atoms with Gasteiger partial charge in [-0.3, -0.25) is 0 Å². The van der Waals surface area contributed by atoms with Crippen LogP contribution in [-0.4, -0.2) is 5.11 Å². The molecule has 0 saturated carbocycles. The Bertz CT molecular complexity index is 548. The zero-order valence-corrected chi connectivity index (χ0v) is 13.5. The minimum Gasteiger partial charge on any atom is -0.384 e. The Labute approximate surface area is 122 Å². The van der Waals surface area contributed by atoms with Gasteiger partial charge in [0.1, 0.15) is 6.10 Å². The molecular formula is C13H12Br2OS. The Morgan fingerprint density at radius 1 is 1.12 bits per heavy atom. The molecule has 0 radical (unpaired) electrons. The molecular weight excluding hydrogens is 364 g/mol. The predicted octanol–water partition coefficient (Wildman–Crippen LogP) is 4.97. The van der Waals surface area contributed by atoms with E-state index in [0.29, 0.717) is 0 Å². The van der Waals surface area contributed by atoms with E-state index in [2.05, 4.69) is 44.8 Å². The zero-order valence-electron chi connectivity index (χ0n) is 9.50. The van der Waals surface area contributed by atoms with Gasteiger partial charge in [0.25, 0.3) is 0 Å². The fourth-order valence-corrected chi connectivity index (χ4v) is 4.03. The number of hydrogen-bond acceptors (Lipinski definition) is 2. The minimum atomic E-state index is -0.567. The Morgan fingerprint density at radius 2 is 1.82 bits per heavy atom. The topological polar surface area (TPSA) is 20.2 Å². The summed E-state index contributed by atoms with van der Waals surface area (Å²) in [5.74, 6) is 0. The van der Waals surface area contributed by atoms with E-state index >= 15 is 0 Å². The molecule has 90 valence electrons. The first kappa shape index (κ1) is 13.3. The number of aliphatic hydroxyl groups is 1. The van der Waals surface area contributed by atoms with E-state index in [-0.39, 0.29) is 0 Å². The van der Waals surface area contributed by atoms with Crippen molar-refractivity contribution in [3.63, 3.8) is 0 Å². The van der Waals surface area contributed by atoms with Gasteiger partial charge in [-0.2, -0.15) is 0 Å². The number of halogens is 2. The highest BCUT2D eigenvalue weighted by atomic mass is 79.9. The van der Waals surface area contributed by atoms with Crippen LogP contribution >= 0.6 is 43.2 Å². The minimum absolute atomic E-state index is 0.567. The molecule has 1 N–H and O–H groups in total. The summed E-state index contributed by atoms with van der Waals surface area (Å²) >= 11 is 8.62. The average Bonchev–Trinajstić information content (AvgIpc) is 2.57. The maximum Gasteiger partial charge on any atom is 0.106 e. The second-order valence-electron chi connectivity index (χ2n) is 3.94. The largest absolute Gasteiger partial charge is 0.384 e. The zero-order chi connectivity index (χ0) is 12.6. The molecule has 0 aliphatic carbocycles. The Hall–Kier alpha value is -0.160. The molecule has 1 nitrogen and oxygen atoms in total. The van der Waals surface area contributed by atoms with E-state index in [1.165, 1.54) is 9.75 Å². The third-order valence-electron chi connectivity index (χ3n) is 2.63. The molecule has 0 saturated heterocycles. The van der Waals surface area contributed by atoms with Gasteiger partial charge in [-0.1, -0.05) is 37.9 Å². The normalized spacial score (nSPS) is 12.8. The Morgan fingerprint density at radius 3 is 2.35 bits per heavy atom. The first-order valence-electron chi connectivity index (χ1n) is 5.19. The van der Waals surface area contributed by atoms with Gasteiger partial charge in [0.15, 0.2) is 0 Å². The highest BCUT2D eigenvalue weighted by Crippen LogP contribution is 2.34. The van der Waals surface area contributed by atoms with Crippen molar-refractivity contribution in [2.75, 3.05) is 0 Å². The molecule has 1 aromatic carbocycles. The van der Waals surface area contributed by atoms with E-state index in [1.807, 2.05) is 25.1 Å². The monoisotopic (exact) mass is 374 g/mol. The fraction of sp³-hybridized carbons (Fsp3) is 0.231. The third kappa shape index (κ3) is 2.81. The highest BCUT2D eigenvalue weighted by molar-refractivity contribution is 9.11.